The van der Waals surface area contributed by atoms with E-state index in [0.29, 0.717) is 11.3 Å². The molecule has 1 heterocycles. The fourth-order valence-corrected chi connectivity index (χ4v) is 4.29. The summed E-state index contributed by atoms with van der Waals surface area (Å²) in [5.41, 5.74) is 4.55. The number of hydrogen-bond donors (Lipinski definition) is 2. The quantitative estimate of drug-likeness (QED) is 0.379. The molecule has 0 bridgehead atoms. The van der Waals surface area contributed by atoms with Crippen molar-refractivity contribution in [3.05, 3.63) is 106 Å². The number of nitrogens with zero attached hydrogens (tertiary/aromatic N) is 1. The Morgan fingerprint density at radius 1 is 0.906 bits per heavy atom. The molecule has 0 aliphatic heterocycles. The van der Waals surface area contributed by atoms with E-state index in [-0.39, 0.29) is 17.9 Å². The van der Waals surface area contributed by atoms with E-state index in [9.17, 15) is 14.7 Å². The summed E-state index contributed by atoms with van der Waals surface area (Å²) in [6.07, 6.45) is 1.64. The van der Waals surface area contributed by atoms with Gasteiger partial charge in [-0.3, -0.25) is 4.79 Å². The van der Waals surface area contributed by atoms with Gasteiger partial charge in [0.15, 0.2) is 0 Å². The van der Waals surface area contributed by atoms with Crippen molar-refractivity contribution in [2.75, 3.05) is 5.32 Å². The van der Waals surface area contributed by atoms with Crippen molar-refractivity contribution >= 4 is 28.9 Å². The molecular formula is C26H22N2O3S. The molecule has 2 N–H and O–H groups in total. The molecule has 0 saturated carbocycles. The van der Waals surface area contributed by atoms with Crippen LogP contribution >= 0.6 is 11.3 Å². The molecule has 5 nitrogen and oxygen atoms in total. The van der Waals surface area contributed by atoms with Crippen molar-refractivity contribution < 1.29 is 14.7 Å². The van der Waals surface area contributed by atoms with Gasteiger partial charge in [-0.2, -0.15) is 0 Å². The van der Waals surface area contributed by atoms with Crippen molar-refractivity contribution in [2.45, 2.75) is 19.3 Å². The lowest BCUT2D eigenvalue weighted by Crippen LogP contribution is -2.16. The number of carbonyl (C=O) groups excluding carboxylic acids is 1. The fraction of sp³-hybridized carbons (Fsp3) is 0.115. The summed E-state index contributed by atoms with van der Waals surface area (Å²) < 4.78 is 0. The number of carboxylic acids is 1. The van der Waals surface area contributed by atoms with Crippen LogP contribution in [0.15, 0.2) is 84.2 Å². The zero-order valence-corrected chi connectivity index (χ0v) is 18.1. The Balaban J connectivity index is 1.36. The van der Waals surface area contributed by atoms with Crippen LogP contribution in [-0.2, 0) is 24.1 Å². The number of carboxylic acid groups (broad SMARTS) is 1. The Hall–Kier alpha value is -3.77. The maximum Gasteiger partial charge on any atom is 0.335 e. The number of carbonyl (C=O) groups is 2. The molecule has 0 spiro atoms. The van der Waals surface area contributed by atoms with Crippen LogP contribution in [0.25, 0.3) is 11.3 Å². The van der Waals surface area contributed by atoms with Crippen LogP contribution in [0.5, 0.6) is 0 Å². The molecule has 1 aromatic heterocycles. The van der Waals surface area contributed by atoms with E-state index < -0.39 is 5.97 Å². The molecule has 32 heavy (non-hydrogen) atoms. The molecule has 0 aliphatic rings. The summed E-state index contributed by atoms with van der Waals surface area (Å²) in [6, 6.07) is 24.4. The zero-order chi connectivity index (χ0) is 22.3. The van der Waals surface area contributed by atoms with E-state index in [0.717, 1.165) is 34.7 Å². The highest BCUT2D eigenvalue weighted by atomic mass is 32.1. The predicted molar refractivity (Wildman–Crippen MR) is 127 cm³/mol. The number of amides is 1. The maximum absolute atomic E-state index is 12.5. The highest BCUT2D eigenvalue weighted by Gasteiger charge is 2.13. The second kappa shape index (κ2) is 10.0. The number of hydrogen-bond acceptors (Lipinski definition) is 4. The van der Waals surface area contributed by atoms with Crippen molar-refractivity contribution in [1.82, 2.24) is 4.98 Å². The van der Waals surface area contributed by atoms with Gasteiger partial charge in [-0.05, 0) is 35.7 Å². The first kappa shape index (κ1) is 21.5. The molecule has 1 amide bonds. The van der Waals surface area contributed by atoms with Crippen LogP contribution in [0.2, 0.25) is 0 Å². The van der Waals surface area contributed by atoms with Gasteiger partial charge in [0.25, 0.3) is 0 Å². The zero-order valence-electron chi connectivity index (χ0n) is 17.3. The second-order valence-corrected chi connectivity index (χ2v) is 8.32. The molecule has 0 aliphatic carbocycles. The number of thiazole rings is 1. The summed E-state index contributed by atoms with van der Waals surface area (Å²) in [6.45, 7) is 0. The molecule has 0 saturated heterocycles. The Labute approximate surface area is 190 Å². The lowest BCUT2D eigenvalue weighted by molar-refractivity contribution is -0.115. The monoisotopic (exact) mass is 442 g/mol. The van der Waals surface area contributed by atoms with E-state index in [4.69, 9.17) is 4.98 Å². The third-order valence-corrected chi connectivity index (χ3v) is 5.97. The van der Waals surface area contributed by atoms with E-state index in [2.05, 4.69) is 22.8 Å². The summed E-state index contributed by atoms with van der Waals surface area (Å²) in [7, 11) is 0. The highest BCUT2D eigenvalue weighted by molar-refractivity contribution is 7.09. The number of aryl methyl sites for hydroxylation is 2. The second-order valence-electron chi connectivity index (χ2n) is 7.38. The number of rotatable bonds is 8. The first-order chi connectivity index (χ1) is 15.6. The Kier molecular flexibility index (Phi) is 6.72. The standard InChI is InChI=1S/C26H22N2O3S/c29-24(16-20-10-4-5-12-22(20)26(30)31)27-21-11-6-7-18(15-21)13-14-25-28-23(17-32-25)19-8-2-1-3-9-19/h1-12,15,17H,13-14,16H2,(H,27,29)(H,30,31). The van der Waals surface area contributed by atoms with Crippen LogP contribution in [-0.4, -0.2) is 22.0 Å². The SMILES string of the molecule is O=C(Cc1ccccc1C(=O)O)Nc1cccc(CCc2nc(-c3ccccc3)cs2)c1. The molecule has 6 heteroatoms. The molecular weight excluding hydrogens is 420 g/mol. The minimum atomic E-state index is -1.03. The average molecular weight is 443 g/mol. The van der Waals surface area contributed by atoms with Crippen LogP contribution in [0.3, 0.4) is 0 Å². The largest absolute Gasteiger partial charge is 0.478 e. The maximum atomic E-state index is 12.5. The van der Waals surface area contributed by atoms with Crippen molar-refractivity contribution in [3.8, 4) is 11.3 Å². The number of nitrogens with one attached hydrogen (secondary N) is 1. The van der Waals surface area contributed by atoms with Gasteiger partial charge < -0.3 is 10.4 Å². The summed E-state index contributed by atoms with van der Waals surface area (Å²) in [5.74, 6) is -1.28. The first-order valence-corrected chi connectivity index (χ1v) is 11.2. The minimum absolute atomic E-state index is 0.00802. The van der Waals surface area contributed by atoms with Gasteiger partial charge in [-0.25, -0.2) is 9.78 Å². The van der Waals surface area contributed by atoms with Gasteiger partial charge in [-0.15, -0.1) is 11.3 Å². The normalized spacial score (nSPS) is 10.6. The van der Waals surface area contributed by atoms with Gasteiger partial charge in [-0.1, -0.05) is 60.7 Å². The Morgan fingerprint density at radius 2 is 1.69 bits per heavy atom. The van der Waals surface area contributed by atoms with E-state index >= 15 is 0 Å². The fourth-order valence-electron chi connectivity index (χ4n) is 3.48. The van der Waals surface area contributed by atoms with Gasteiger partial charge in [0.2, 0.25) is 5.91 Å². The molecule has 0 unspecified atom stereocenters. The smallest absolute Gasteiger partial charge is 0.335 e. The number of benzene rings is 3. The van der Waals surface area contributed by atoms with E-state index in [1.54, 1.807) is 29.5 Å². The summed E-state index contributed by atoms with van der Waals surface area (Å²) in [5, 5.41) is 15.3. The lowest BCUT2D eigenvalue weighted by Gasteiger charge is -2.09. The molecule has 4 rings (SSSR count). The molecule has 4 aromatic rings. The van der Waals surface area contributed by atoms with Crippen LogP contribution in [0.4, 0.5) is 5.69 Å². The number of aromatic carboxylic acids is 1. The molecule has 0 radical (unpaired) electrons. The van der Waals surface area contributed by atoms with Crippen LogP contribution < -0.4 is 5.32 Å². The third kappa shape index (κ3) is 5.47. The number of aromatic nitrogens is 1. The molecule has 160 valence electrons. The molecule has 0 atom stereocenters. The van der Waals surface area contributed by atoms with Crippen LogP contribution in [0.1, 0.15) is 26.5 Å². The van der Waals surface area contributed by atoms with Crippen molar-refractivity contribution in [2.24, 2.45) is 0 Å². The summed E-state index contributed by atoms with van der Waals surface area (Å²) >= 11 is 1.65. The van der Waals surface area contributed by atoms with Crippen molar-refractivity contribution in [1.29, 1.82) is 0 Å². The topological polar surface area (TPSA) is 79.3 Å². The Bertz CT molecular complexity index is 1230. The summed E-state index contributed by atoms with van der Waals surface area (Å²) in [4.78, 5) is 28.6. The van der Waals surface area contributed by atoms with Crippen molar-refractivity contribution in [3.63, 3.8) is 0 Å². The average Bonchev–Trinajstić information content (AvgIpc) is 3.28. The van der Waals surface area contributed by atoms with Gasteiger partial charge in [0.1, 0.15) is 0 Å². The lowest BCUT2D eigenvalue weighted by atomic mass is 10.0. The van der Waals surface area contributed by atoms with E-state index in [1.807, 2.05) is 42.5 Å². The first-order valence-electron chi connectivity index (χ1n) is 10.3. The third-order valence-electron chi connectivity index (χ3n) is 5.06. The molecule has 0 fully saturated rings. The predicted octanol–water partition coefficient (Wildman–Crippen LogP) is 5.47. The van der Waals surface area contributed by atoms with Gasteiger partial charge >= 0.3 is 5.97 Å². The van der Waals surface area contributed by atoms with Gasteiger partial charge in [0.05, 0.1) is 22.7 Å². The Morgan fingerprint density at radius 3 is 2.50 bits per heavy atom. The van der Waals surface area contributed by atoms with Gasteiger partial charge in [0, 0.05) is 23.1 Å². The highest BCUT2D eigenvalue weighted by Crippen LogP contribution is 2.23. The van der Waals surface area contributed by atoms with E-state index in [1.165, 1.54) is 6.07 Å². The van der Waals surface area contributed by atoms with Crippen LogP contribution in [0, 0.1) is 0 Å². The minimum Gasteiger partial charge on any atom is -0.478 e. The number of anilines is 1. The molecule has 3 aromatic carbocycles.